The molecule has 2 aromatic carbocycles. The normalized spacial score (nSPS) is 20.2. The molecule has 0 N–H and O–H groups in total. The molecule has 5 heteroatoms. The summed E-state index contributed by atoms with van der Waals surface area (Å²) in [7, 11) is 0. The molecule has 0 amide bonds. The first-order chi connectivity index (χ1) is 16.3. The number of hydrogen-bond acceptors (Lipinski definition) is 5. The minimum absolute atomic E-state index is 0.593. The van der Waals surface area contributed by atoms with E-state index >= 15 is 0 Å². The maximum absolute atomic E-state index is 5.84. The molecule has 172 valence electrons. The van der Waals surface area contributed by atoms with Crippen LogP contribution in [0.2, 0.25) is 0 Å². The van der Waals surface area contributed by atoms with Crippen LogP contribution in [0.5, 0.6) is 11.5 Å². The Morgan fingerprint density at radius 2 is 1.55 bits per heavy atom. The fourth-order valence-electron chi connectivity index (χ4n) is 5.69. The van der Waals surface area contributed by atoms with Gasteiger partial charge in [-0.3, -0.25) is 4.90 Å². The van der Waals surface area contributed by atoms with Crippen molar-refractivity contribution < 1.29 is 9.47 Å². The molecule has 0 aliphatic carbocycles. The van der Waals surface area contributed by atoms with Crippen molar-refractivity contribution in [1.82, 2.24) is 14.8 Å². The summed E-state index contributed by atoms with van der Waals surface area (Å²) >= 11 is 0. The number of piperidine rings is 2. The van der Waals surface area contributed by atoms with E-state index in [9.17, 15) is 0 Å². The molecule has 4 heterocycles. The van der Waals surface area contributed by atoms with Crippen LogP contribution in [0, 0.1) is 0 Å². The molecule has 0 unspecified atom stereocenters. The average molecular weight is 444 g/mol. The summed E-state index contributed by atoms with van der Waals surface area (Å²) in [6, 6.07) is 17.8. The van der Waals surface area contributed by atoms with E-state index in [0.29, 0.717) is 13.2 Å². The van der Waals surface area contributed by atoms with E-state index < -0.39 is 0 Å². The molecular formula is C28H33N3O2. The molecule has 3 aliphatic heterocycles. The first kappa shape index (κ1) is 20.9. The van der Waals surface area contributed by atoms with Gasteiger partial charge in [-0.1, -0.05) is 36.8 Å². The van der Waals surface area contributed by atoms with E-state index in [-0.39, 0.29) is 0 Å². The number of fused-ring (bicyclic) bond motifs is 2. The highest BCUT2D eigenvalue weighted by Crippen LogP contribution is 2.36. The Morgan fingerprint density at radius 3 is 2.30 bits per heavy atom. The number of ether oxygens (including phenoxy) is 2. The van der Waals surface area contributed by atoms with Crippen LogP contribution in [0.25, 0.3) is 22.2 Å². The standard InChI is InChI=1S/C28H33N3O2/c1-3-7-21(8-4-1)28-23(17-22-18-26-27(19-25(22)29-28)33-16-15-32-26)20-30-13-9-24(10-14-30)31-11-5-2-6-12-31/h1,3-4,7-8,17-19,24H,2,5-6,9-16,20H2. The molecule has 3 aromatic rings. The minimum atomic E-state index is 0.593. The van der Waals surface area contributed by atoms with Crippen molar-refractivity contribution in [2.24, 2.45) is 0 Å². The van der Waals surface area contributed by atoms with E-state index in [4.69, 9.17) is 14.5 Å². The molecule has 0 bridgehead atoms. The fraction of sp³-hybridized carbons (Fsp3) is 0.464. The van der Waals surface area contributed by atoms with Gasteiger partial charge in [-0.05, 0) is 69.6 Å². The molecule has 5 nitrogen and oxygen atoms in total. The predicted molar refractivity (Wildman–Crippen MR) is 132 cm³/mol. The van der Waals surface area contributed by atoms with E-state index in [1.807, 2.05) is 6.07 Å². The summed E-state index contributed by atoms with van der Waals surface area (Å²) in [5.74, 6) is 1.63. The first-order valence-corrected chi connectivity index (χ1v) is 12.6. The third kappa shape index (κ3) is 4.44. The van der Waals surface area contributed by atoms with Crippen molar-refractivity contribution in [1.29, 1.82) is 0 Å². The van der Waals surface area contributed by atoms with Crippen LogP contribution in [0.4, 0.5) is 0 Å². The Labute approximate surface area is 196 Å². The van der Waals surface area contributed by atoms with Gasteiger partial charge in [-0.2, -0.15) is 0 Å². The predicted octanol–water partition coefficient (Wildman–Crippen LogP) is 5.12. The lowest BCUT2D eigenvalue weighted by molar-refractivity contribution is 0.0897. The summed E-state index contributed by atoms with van der Waals surface area (Å²) in [6.45, 7) is 7.06. The maximum atomic E-state index is 5.84. The van der Waals surface area contributed by atoms with Crippen molar-refractivity contribution >= 4 is 10.9 Å². The summed E-state index contributed by atoms with van der Waals surface area (Å²) in [6.07, 6.45) is 6.72. The lowest BCUT2D eigenvalue weighted by Crippen LogP contribution is -2.46. The van der Waals surface area contributed by atoms with E-state index in [0.717, 1.165) is 53.8 Å². The second-order valence-electron chi connectivity index (χ2n) is 9.65. The maximum Gasteiger partial charge on any atom is 0.163 e. The Hall–Kier alpha value is -2.63. The number of aromatic nitrogens is 1. The third-order valence-electron chi connectivity index (χ3n) is 7.46. The monoisotopic (exact) mass is 443 g/mol. The summed E-state index contributed by atoms with van der Waals surface area (Å²) in [5.41, 5.74) is 4.51. The number of likely N-dealkylation sites (tertiary alicyclic amines) is 2. The van der Waals surface area contributed by atoms with Gasteiger partial charge in [0, 0.05) is 29.6 Å². The average Bonchev–Trinajstić information content (AvgIpc) is 2.88. The largest absolute Gasteiger partial charge is 0.486 e. The van der Waals surface area contributed by atoms with Crippen LogP contribution in [0.3, 0.4) is 0 Å². The zero-order chi connectivity index (χ0) is 22.0. The lowest BCUT2D eigenvalue weighted by atomic mass is 9.98. The molecule has 2 saturated heterocycles. The van der Waals surface area contributed by atoms with Crippen LogP contribution in [-0.4, -0.2) is 60.2 Å². The van der Waals surface area contributed by atoms with Gasteiger partial charge in [0.1, 0.15) is 13.2 Å². The summed E-state index contributed by atoms with van der Waals surface area (Å²) < 4.78 is 11.6. The highest BCUT2D eigenvalue weighted by Gasteiger charge is 2.26. The molecule has 0 atom stereocenters. The van der Waals surface area contributed by atoms with Crippen LogP contribution in [0.1, 0.15) is 37.7 Å². The number of benzene rings is 2. The zero-order valence-corrected chi connectivity index (χ0v) is 19.3. The Morgan fingerprint density at radius 1 is 0.818 bits per heavy atom. The van der Waals surface area contributed by atoms with Crippen LogP contribution >= 0.6 is 0 Å². The Kier molecular flexibility index (Phi) is 5.91. The van der Waals surface area contributed by atoms with Gasteiger partial charge >= 0.3 is 0 Å². The Balaban J connectivity index is 1.28. The molecule has 0 saturated carbocycles. The molecule has 2 fully saturated rings. The molecule has 0 radical (unpaired) electrons. The molecule has 0 spiro atoms. The number of hydrogen-bond donors (Lipinski definition) is 0. The molecular weight excluding hydrogens is 410 g/mol. The number of pyridine rings is 1. The highest BCUT2D eigenvalue weighted by atomic mass is 16.6. The molecule has 6 rings (SSSR count). The SMILES string of the molecule is c1ccc(-c2nc3cc4c(cc3cc2CN2CCC(N3CCCCC3)CC2)OCCO4)cc1. The number of nitrogens with zero attached hydrogens (tertiary/aromatic N) is 3. The zero-order valence-electron chi connectivity index (χ0n) is 19.3. The van der Waals surface area contributed by atoms with E-state index in [1.54, 1.807) is 0 Å². The highest BCUT2D eigenvalue weighted by molar-refractivity contribution is 5.86. The van der Waals surface area contributed by atoms with Crippen LogP contribution < -0.4 is 9.47 Å². The number of rotatable bonds is 4. The van der Waals surface area contributed by atoms with Crippen LogP contribution in [0.15, 0.2) is 48.5 Å². The minimum Gasteiger partial charge on any atom is -0.486 e. The van der Waals surface area contributed by atoms with E-state index in [2.05, 4.69) is 52.3 Å². The summed E-state index contributed by atoms with van der Waals surface area (Å²) in [5, 5.41) is 1.12. The lowest BCUT2D eigenvalue weighted by Gasteiger charge is -2.40. The third-order valence-corrected chi connectivity index (χ3v) is 7.46. The second-order valence-corrected chi connectivity index (χ2v) is 9.65. The van der Waals surface area contributed by atoms with Gasteiger partial charge in [0.2, 0.25) is 0 Å². The fourth-order valence-corrected chi connectivity index (χ4v) is 5.69. The van der Waals surface area contributed by atoms with E-state index in [1.165, 1.54) is 56.3 Å². The quantitative estimate of drug-likeness (QED) is 0.559. The van der Waals surface area contributed by atoms with Crippen molar-refractivity contribution in [2.45, 2.75) is 44.7 Å². The van der Waals surface area contributed by atoms with Crippen LogP contribution in [-0.2, 0) is 6.54 Å². The van der Waals surface area contributed by atoms with Gasteiger partial charge in [-0.15, -0.1) is 0 Å². The summed E-state index contributed by atoms with van der Waals surface area (Å²) in [4.78, 5) is 10.5. The molecule has 33 heavy (non-hydrogen) atoms. The van der Waals surface area contributed by atoms with Crippen molar-refractivity contribution in [3.05, 3.63) is 54.1 Å². The van der Waals surface area contributed by atoms with Gasteiger partial charge in [0.25, 0.3) is 0 Å². The van der Waals surface area contributed by atoms with Gasteiger partial charge < -0.3 is 14.4 Å². The molecule has 1 aromatic heterocycles. The topological polar surface area (TPSA) is 37.8 Å². The first-order valence-electron chi connectivity index (χ1n) is 12.6. The molecule has 3 aliphatic rings. The van der Waals surface area contributed by atoms with Crippen molar-refractivity contribution in [2.75, 3.05) is 39.4 Å². The smallest absolute Gasteiger partial charge is 0.163 e. The van der Waals surface area contributed by atoms with Crippen molar-refractivity contribution in [3.8, 4) is 22.8 Å². The van der Waals surface area contributed by atoms with Gasteiger partial charge in [0.05, 0.1) is 11.2 Å². The van der Waals surface area contributed by atoms with Crippen molar-refractivity contribution in [3.63, 3.8) is 0 Å². The van der Waals surface area contributed by atoms with Gasteiger partial charge in [0.15, 0.2) is 11.5 Å². The Bertz CT molecular complexity index is 1100. The second kappa shape index (κ2) is 9.32. The van der Waals surface area contributed by atoms with Gasteiger partial charge in [-0.25, -0.2) is 4.98 Å².